The monoisotopic (exact) mass is 555 g/mol. The molecule has 10 nitrogen and oxygen atoms in total. The summed E-state index contributed by atoms with van der Waals surface area (Å²) in [4.78, 5) is 12.5. The van der Waals surface area contributed by atoms with Gasteiger partial charge in [-0.3, -0.25) is 9.10 Å². The van der Waals surface area contributed by atoms with Gasteiger partial charge in [0.1, 0.15) is 13.2 Å². The van der Waals surface area contributed by atoms with E-state index in [2.05, 4.69) is 33.0 Å². The summed E-state index contributed by atoms with van der Waals surface area (Å²) >= 11 is 3.41. The molecule has 0 spiro atoms. The van der Waals surface area contributed by atoms with Crippen molar-refractivity contribution in [1.82, 2.24) is 5.43 Å². The van der Waals surface area contributed by atoms with Crippen molar-refractivity contribution < 1.29 is 32.2 Å². The van der Waals surface area contributed by atoms with Gasteiger partial charge < -0.3 is 18.9 Å². The SMILES string of the molecule is C=CCOc1c(Br)cc(/C=N\NC(=O)CN(c2ccc(OC)c(OC)c2)S(C)(=O)=O)cc1OC. The van der Waals surface area contributed by atoms with Crippen LogP contribution in [0.5, 0.6) is 23.0 Å². The molecule has 0 saturated heterocycles. The highest BCUT2D eigenvalue weighted by Gasteiger charge is 2.22. The van der Waals surface area contributed by atoms with Gasteiger partial charge in [-0.15, -0.1) is 0 Å². The molecule has 184 valence electrons. The van der Waals surface area contributed by atoms with Gasteiger partial charge in [0.15, 0.2) is 23.0 Å². The van der Waals surface area contributed by atoms with Crippen LogP contribution in [0.2, 0.25) is 0 Å². The Balaban J connectivity index is 2.17. The van der Waals surface area contributed by atoms with Crippen LogP contribution in [-0.4, -0.2) is 61.3 Å². The van der Waals surface area contributed by atoms with E-state index in [0.29, 0.717) is 39.6 Å². The number of halogens is 1. The fraction of sp³-hybridized carbons (Fsp3) is 0.273. The molecule has 0 heterocycles. The Morgan fingerprint density at radius 2 is 1.79 bits per heavy atom. The number of hydrazone groups is 1. The van der Waals surface area contributed by atoms with E-state index in [1.54, 1.807) is 24.3 Å². The van der Waals surface area contributed by atoms with Crippen molar-refractivity contribution in [2.75, 3.05) is 45.0 Å². The summed E-state index contributed by atoms with van der Waals surface area (Å²) in [5.74, 6) is 1.07. The first kappa shape index (κ1) is 27.0. The Morgan fingerprint density at radius 1 is 1.12 bits per heavy atom. The lowest BCUT2D eigenvalue weighted by molar-refractivity contribution is -0.119. The normalized spacial score (nSPS) is 11.1. The molecule has 2 aromatic carbocycles. The minimum absolute atomic E-state index is 0.239. The second-order valence-electron chi connectivity index (χ2n) is 6.74. The van der Waals surface area contributed by atoms with Gasteiger partial charge in [-0.2, -0.15) is 5.10 Å². The summed E-state index contributed by atoms with van der Waals surface area (Å²) in [6.07, 6.45) is 4.00. The number of nitrogens with zero attached hydrogens (tertiary/aromatic N) is 2. The van der Waals surface area contributed by atoms with Crippen LogP contribution in [-0.2, 0) is 14.8 Å². The molecule has 12 heteroatoms. The molecule has 0 atom stereocenters. The fourth-order valence-electron chi connectivity index (χ4n) is 2.82. The second kappa shape index (κ2) is 12.3. The standard InChI is InChI=1S/C22H26BrN3O7S/c1-6-9-33-22-17(23)10-15(11-20(22)32-4)13-24-25-21(27)14-26(34(5,28)29)16-7-8-18(30-2)19(12-16)31-3/h6-8,10-13H,1,9,14H2,2-5H3,(H,25,27)/b24-13-. The number of sulfonamides is 1. The number of carbonyl (C=O) groups is 1. The second-order valence-corrected chi connectivity index (χ2v) is 9.50. The molecular weight excluding hydrogens is 530 g/mol. The Hall–Kier alpha value is -3.25. The molecule has 0 unspecified atom stereocenters. The number of nitrogens with one attached hydrogen (secondary N) is 1. The van der Waals surface area contributed by atoms with Gasteiger partial charge in [-0.1, -0.05) is 12.7 Å². The van der Waals surface area contributed by atoms with E-state index >= 15 is 0 Å². The highest BCUT2D eigenvalue weighted by atomic mass is 79.9. The van der Waals surface area contributed by atoms with Crippen LogP contribution < -0.4 is 28.7 Å². The lowest BCUT2D eigenvalue weighted by Gasteiger charge is -2.22. The van der Waals surface area contributed by atoms with Crippen LogP contribution >= 0.6 is 15.9 Å². The van der Waals surface area contributed by atoms with Gasteiger partial charge in [-0.25, -0.2) is 13.8 Å². The minimum Gasteiger partial charge on any atom is -0.493 e. The third-order valence-corrected chi connectivity index (χ3v) is 6.07. The van der Waals surface area contributed by atoms with Gasteiger partial charge in [-0.05, 0) is 45.8 Å². The molecule has 2 rings (SSSR count). The van der Waals surface area contributed by atoms with Gasteiger partial charge in [0.25, 0.3) is 5.91 Å². The van der Waals surface area contributed by atoms with Crippen molar-refractivity contribution in [3.8, 4) is 23.0 Å². The van der Waals surface area contributed by atoms with E-state index in [0.717, 1.165) is 10.6 Å². The predicted molar refractivity (Wildman–Crippen MR) is 134 cm³/mol. The number of rotatable bonds is 12. The summed E-state index contributed by atoms with van der Waals surface area (Å²) < 4.78 is 47.5. The van der Waals surface area contributed by atoms with Crippen LogP contribution in [0.1, 0.15) is 5.56 Å². The Bertz CT molecular complexity index is 1170. The summed E-state index contributed by atoms with van der Waals surface area (Å²) in [5, 5.41) is 3.92. The van der Waals surface area contributed by atoms with Gasteiger partial charge in [0.2, 0.25) is 10.0 Å². The lowest BCUT2D eigenvalue weighted by Crippen LogP contribution is -2.39. The van der Waals surface area contributed by atoms with E-state index in [9.17, 15) is 13.2 Å². The van der Waals surface area contributed by atoms with Crippen molar-refractivity contribution in [1.29, 1.82) is 0 Å². The third-order valence-electron chi connectivity index (χ3n) is 4.34. The average Bonchev–Trinajstić information content (AvgIpc) is 2.80. The summed E-state index contributed by atoms with van der Waals surface area (Å²) in [5.41, 5.74) is 3.17. The smallest absolute Gasteiger partial charge is 0.260 e. The number of methoxy groups -OCH3 is 3. The van der Waals surface area contributed by atoms with Crippen molar-refractivity contribution >= 4 is 43.8 Å². The molecular formula is C22H26BrN3O7S. The van der Waals surface area contributed by atoms with E-state index in [1.807, 2.05) is 0 Å². The Labute approximate surface area is 207 Å². The lowest BCUT2D eigenvalue weighted by atomic mass is 10.2. The maximum absolute atomic E-state index is 12.5. The van der Waals surface area contributed by atoms with E-state index in [4.69, 9.17) is 18.9 Å². The fourth-order valence-corrected chi connectivity index (χ4v) is 4.24. The van der Waals surface area contributed by atoms with Crippen LogP contribution in [0.15, 0.2) is 52.6 Å². The zero-order valence-corrected chi connectivity index (χ0v) is 21.6. The average molecular weight is 556 g/mol. The first-order valence-corrected chi connectivity index (χ1v) is 12.4. The molecule has 1 amide bonds. The van der Waals surface area contributed by atoms with E-state index in [-0.39, 0.29) is 5.69 Å². The van der Waals surface area contributed by atoms with Crippen molar-refractivity contribution in [2.45, 2.75) is 0 Å². The molecule has 0 saturated carbocycles. The molecule has 34 heavy (non-hydrogen) atoms. The van der Waals surface area contributed by atoms with Crippen LogP contribution in [0, 0.1) is 0 Å². The maximum atomic E-state index is 12.5. The number of hydrogen-bond acceptors (Lipinski definition) is 8. The number of anilines is 1. The number of ether oxygens (including phenoxy) is 4. The van der Waals surface area contributed by atoms with Crippen molar-refractivity contribution in [2.24, 2.45) is 5.10 Å². The molecule has 0 fully saturated rings. The van der Waals surface area contributed by atoms with Gasteiger partial charge in [0.05, 0.1) is 44.0 Å². The quantitative estimate of drug-likeness (QED) is 0.243. The topological polar surface area (TPSA) is 116 Å². The van der Waals surface area contributed by atoms with Crippen LogP contribution in [0.3, 0.4) is 0 Å². The van der Waals surface area contributed by atoms with Crippen LogP contribution in [0.4, 0.5) is 5.69 Å². The minimum atomic E-state index is -3.78. The molecule has 0 aliphatic carbocycles. The number of carbonyl (C=O) groups excluding carboxylic acids is 1. The van der Waals surface area contributed by atoms with E-state index in [1.165, 1.54) is 39.7 Å². The number of hydrogen-bond donors (Lipinski definition) is 1. The predicted octanol–water partition coefficient (Wildman–Crippen LogP) is 2.96. The number of benzene rings is 2. The molecule has 0 radical (unpaired) electrons. The Kier molecular flexibility index (Phi) is 9.75. The maximum Gasteiger partial charge on any atom is 0.260 e. The van der Waals surface area contributed by atoms with Crippen molar-refractivity contribution in [3.63, 3.8) is 0 Å². The molecule has 2 aromatic rings. The first-order chi connectivity index (χ1) is 16.1. The zero-order valence-electron chi connectivity index (χ0n) is 19.2. The number of amides is 1. The summed E-state index contributed by atoms with van der Waals surface area (Å²) in [7, 11) is 0.613. The molecule has 0 aromatic heterocycles. The highest BCUT2D eigenvalue weighted by molar-refractivity contribution is 9.10. The molecule has 1 N–H and O–H groups in total. The zero-order chi connectivity index (χ0) is 25.3. The first-order valence-electron chi connectivity index (χ1n) is 9.77. The molecule has 0 aliphatic rings. The third kappa shape index (κ3) is 7.12. The summed E-state index contributed by atoms with van der Waals surface area (Å²) in [6.45, 7) is 3.42. The molecule has 0 aliphatic heterocycles. The highest BCUT2D eigenvalue weighted by Crippen LogP contribution is 2.36. The van der Waals surface area contributed by atoms with E-state index < -0.39 is 22.5 Å². The van der Waals surface area contributed by atoms with Crippen LogP contribution in [0.25, 0.3) is 0 Å². The largest absolute Gasteiger partial charge is 0.493 e. The van der Waals surface area contributed by atoms with Gasteiger partial charge in [0, 0.05) is 6.07 Å². The van der Waals surface area contributed by atoms with Gasteiger partial charge >= 0.3 is 0 Å². The van der Waals surface area contributed by atoms with Crippen molar-refractivity contribution in [3.05, 3.63) is 53.0 Å². The Morgan fingerprint density at radius 3 is 2.38 bits per heavy atom. The summed E-state index contributed by atoms with van der Waals surface area (Å²) in [6, 6.07) is 7.93. The molecule has 0 bridgehead atoms.